The van der Waals surface area contributed by atoms with E-state index in [2.05, 4.69) is 35.8 Å². The molecule has 3 heterocycles. The molecular formula is C26H23FN8O3. The Hall–Kier alpha value is -5.00. The summed E-state index contributed by atoms with van der Waals surface area (Å²) in [6, 6.07) is 7.77. The average molecular weight is 518 g/mol. The van der Waals surface area contributed by atoms with E-state index >= 15 is 0 Å². The SMILES string of the molecule is [2H]C([2H])([2H])NC(=O)c1nnc(NC(=O)C2CC2)cc1Nc1cccc(-c2ncc(-c3cncc(F)c3)cn2)c1OC. The van der Waals surface area contributed by atoms with Crippen LogP contribution in [0.3, 0.4) is 0 Å². The van der Waals surface area contributed by atoms with Gasteiger partial charge in [-0.15, -0.1) is 10.2 Å². The number of nitrogens with zero attached hydrogens (tertiary/aromatic N) is 5. The van der Waals surface area contributed by atoms with Gasteiger partial charge in [0.15, 0.2) is 23.1 Å². The first-order valence-electron chi connectivity index (χ1n) is 13.0. The molecule has 0 aliphatic heterocycles. The number of halogens is 1. The van der Waals surface area contributed by atoms with Crippen LogP contribution in [0.25, 0.3) is 22.5 Å². The first kappa shape index (κ1) is 21.1. The van der Waals surface area contributed by atoms with Crippen LogP contribution in [0.15, 0.2) is 55.1 Å². The number of benzene rings is 1. The van der Waals surface area contributed by atoms with Gasteiger partial charge >= 0.3 is 0 Å². The van der Waals surface area contributed by atoms with Gasteiger partial charge in [-0.05, 0) is 31.0 Å². The van der Waals surface area contributed by atoms with E-state index in [1.54, 1.807) is 18.2 Å². The number of carbonyl (C=O) groups excluding carboxylic acids is 2. The Morgan fingerprint density at radius 1 is 1.05 bits per heavy atom. The second kappa shape index (κ2) is 10.5. The van der Waals surface area contributed by atoms with Gasteiger partial charge in [-0.3, -0.25) is 14.6 Å². The summed E-state index contributed by atoms with van der Waals surface area (Å²) in [5.41, 5.74) is 1.67. The van der Waals surface area contributed by atoms with Crippen molar-refractivity contribution in [3.8, 4) is 28.3 Å². The van der Waals surface area contributed by atoms with Crippen molar-refractivity contribution in [3.05, 3.63) is 66.6 Å². The molecule has 0 unspecified atom stereocenters. The van der Waals surface area contributed by atoms with Gasteiger partial charge in [0.05, 0.1) is 30.2 Å². The summed E-state index contributed by atoms with van der Waals surface area (Å²) >= 11 is 0. The minimum Gasteiger partial charge on any atom is -0.494 e. The molecule has 38 heavy (non-hydrogen) atoms. The predicted molar refractivity (Wildman–Crippen MR) is 137 cm³/mol. The van der Waals surface area contributed by atoms with E-state index in [9.17, 15) is 14.0 Å². The number of aromatic nitrogens is 5. The van der Waals surface area contributed by atoms with Gasteiger partial charge in [-0.25, -0.2) is 14.4 Å². The Morgan fingerprint density at radius 3 is 2.58 bits per heavy atom. The van der Waals surface area contributed by atoms with E-state index in [-0.39, 0.29) is 29.0 Å². The Morgan fingerprint density at radius 2 is 1.87 bits per heavy atom. The van der Waals surface area contributed by atoms with E-state index in [1.807, 2.05) is 5.32 Å². The Balaban J connectivity index is 1.48. The molecule has 1 saturated carbocycles. The lowest BCUT2D eigenvalue weighted by Gasteiger charge is -2.16. The maximum absolute atomic E-state index is 13.6. The topological polar surface area (TPSA) is 144 Å². The number of carbonyl (C=O) groups is 2. The largest absolute Gasteiger partial charge is 0.494 e. The van der Waals surface area contributed by atoms with Crippen molar-refractivity contribution >= 4 is 29.0 Å². The molecule has 0 bridgehead atoms. The number of rotatable bonds is 8. The average Bonchev–Trinajstić information content (AvgIpc) is 3.78. The number of hydrogen-bond donors (Lipinski definition) is 3. The van der Waals surface area contributed by atoms with Crippen LogP contribution in [0.1, 0.15) is 27.4 Å². The third-order valence-corrected chi connectivity index (χ3v) is 5.74. The van der Waals surface area contributed by atoms with Gasteiger partial charge in [-0.1, -0.05) is 6.07 Å². The fourth-order valence-electron chi connectivity index (χ4n) is 3.71. The van der Waals surface area contributed by atoms with Crippen molar-refractivity contribution in [1.29, 1.82) is 0 Å². The minimum absolute atomic E-state index is 0.0677. The van der Waals surface area contributed by atoms with Crippen molar-refractivity contribution in [2.45, 2.75) is 12.8 Å². The summed E-state index contributed by atoms with van der Waals surface area (Å²) in [5.74, 6) is -1.14. The van der Waals surface area contributed by atoms with E-state index in [4.69, 9.17) is 8.85 Å². The van der Waals surface area contributed by atoms with Crippen molar-refractivity contribution in [3.63, 3.8) is 0 Å². The second-order valence-electron chi connectivity index (χ2n) is 8.41. The lowest BCUT2D eigenvalue weighted by Crippen LogP contribution is -2.22. The number of pyridine rings is 1. The lowest BCUT2D eigenvalue weighted by molar-refractivity contribution is -0.117. The van der Waals surface area contributed by atoms with Crippen LogP contribution in [0.4, 0.5) is 21.6 Å². The molecule has 5 rings (SSSR count). The molecule has 3 aromatic heterocycles. The first-order chi connectivity index (χ1) is 19.6. The smallest absolute Gasteiger partial charge is 0.273 e. The molecule has 4 aromatic rings. The van der Waals surface area contributed by atoms with E-state index in [0.29, 0.717) is 34.0 Å². The van der Waals surface area contributed by atoms with Crippen LogP contribution >= 0.6 is 0 Å². The number of ether oxygens (including phenoxy) is 1. The molecule has 0 saturated heterocycles. The summed E-state index contributed by atoms with van der Waals surface area (Å²) in [6.07, 6.45) is 7.19. The van der Waals surface area contributed by atoms with Crippen LogP contribution < -0.4 is 20.7 Å². The fraction of sp³-hybridized carbons (Fsp3) is 0.192. The van der Waals surface area contributed by atoms with E-state index in [0.717, 1.165) is 19.0 Å². The van der Waals surface area contributed by atoms with Crippen molar-refractivity contribution in [2.75, 3.05) is 24.7 Å². The minimum atomic E-state index is -2.77. The van der Waals surface area contributed by atoms with Crippen molar-refractivity contribution < 1.29 is 22.8 Å². The van der Waals surface area contributed by atoms with Gasteiger partial charge in [0, 0.05) is 52.8 Å². The quantitative estimate of drug-likeness (QED) is 0.319. The van der Waals surface area contributed by atoms with E-state index in [1.165, 1.54) is 37.8 Å². The molecule has 2 amide bonds. The second-order valence-corrected chi connectivity index (χ2v) is 8.41. The summed E-state index contributed by atoms with van der Waals surface area (Å²) in [4.78, 5) is 37.7. The zero-order valence-corrected chi connectivity index (χ0v) is 20.0. The molecule has 11 nitrogen and oxygen atoms in total. The highest BCUT2D eigenvalue weighted by molar-refractivity contribution is 6.00. The predicted octanol–water partition coefficient (Wildman–Crippen LogP) is 3.60. The third kappa shape index (κ3) is 5.24. The van der Waals surface area contributed by atoms with Gasteiger partial charge in [0.1, 0.15) is 5.82 Å². The summed E-state index contributed by atoms with van der Waals surface area (Å²) < 4.78 is 41.4. The molecule has 3 N–H and O–H groups in total. The van der Waals surface area contributed by atoms with Crippen LogP contribution in [-0.2, 0) is 4.79 Å². The Kier molecular flexibility index (Phi) is 5.86. The highest BCUT2D eigenvalue weighted by Crippen LogP contribution is 2.37. The normalized spacial score (nSPS) is 14.0. The molecule has 12 heteroatoms. The number of hydrogen-bond acceptors (Lipinski definition) is 9. The molecule has 1 aliphatic carbocycles. The van der Waals surface area contributed by atoms with E-state index < -0.39 is 18.7 Å². The van der Waals surface area contributed by atoms with Crippen molar-refractivity contribution in [1.82, 2.24) is 30.5 Å². The molecule has 192 valence electrons. The molecule has 1 aliphatic rings. The Labute approximate surface area is 221 Å². The zero-order chi connectivity index (χ0) is 29.1. The molecule has 0 atom stereocenters. The fourth-order valence-corrected chi connectivity index (χ4v) is 3.71. The van der Waals surface area contributed by atoms with Crippen LogP contribution in [0, 0.1) is 11.7 Å². The molecule has 1 fully saturated rings. The van der Waals surface area contributed by atoms with Crippen LogP contribution in [-0.4, -0.2) is 51.0 Å². The number of nitrogens with one attached hydrogen (secondary N) is 3. The standard InChI is InChI=1S/C26H23FN8O3/c1-28-26(37)22-20(9-21(34-35-22)33-25(36)14-6-7-14)32-19-5-3-4-18(23(19)38-2)24-30-11-16(12-31-24)15-8-17(27)13-29-10-15/h3-5,8-14H,6-7H2,1-2H3,(H,28,37)(H2,32,33,34,36)/i1D3. The number of anilines is 3. The van der Waals surface area contributed by atoms with Crippen LogP contribution in [0.5, 0.6) is 5.75 Å². The zero-order valence-electron chi connectivity index (χ0n) is 23.0. The maximum Gasteiger partial charge on any atom is 0.273 e. The van der Waals surface area contributed by atoms with Crippen LogP contribution in [0.2, 0.25) is 0 Å². The highest BCUT2D eigenvalue weighted by atomic mass is 19.1. The number of methoxy groups -OCH3 is 1. The summed E-state index contributed by atoms with van der Waals surface area (Å²) in [6.45, 7) is -2.77. The molecular weight excluding hydrogens is 491 g/mol. The van der Waals surface area contributed by atoms with Gasteiger partial charge in [-0.2, -0.15) is 0 Å². The maximum atomic E-state index is 13.6. The van der Waals surface area contributed by atoms with Gasteiger partial charge in [0.25, 0.3) is 5.91 Å². The van der Waals surface area contributed by atoms with Gasteiger partial charge < -0.3 is 20.7 Å². The first-order valence-corrected chi connectivity index (χ1v) is 11.5. The monoisotopic (exact) mass is 517 g/mol. The molecule has 0 spiro atoms. The molecule has 1 aromatic carbocycles. The number of para-hydroxylation sites is 1. The highest BCUT2D eigenvalue weighted by Gasteiger charge is 2.30. The number of amides is 2. The molecule has 0 radical (unpaired) electrons. The summed E-state index contributed by atoms with van der Waals surface area (Å²) in [5, 5.41) is 15.4. The lowest BCUT2D eigenvalue weighted by atomic mass is 10.1. The van der Waals surface area contributed by atoms with Crippen molar-refractivity contribution in [2.24, 2.45) is 5.92 Å². The third-order valence-electron chi connectivity index (χ3n) is 5.74. The Bertz CT molecular complexity index is 1610. The van der Waals surface area contributed by atoms with Gasteiger partial charge in [0.2, 0.25) is 5.91 Å². The summed E-state index contributed by atoms with van der Waals surface area (Å²) in [7, 11) is 1.44.